The van der Waals surface area contributed by atoms with Gasteiger partial charge in [0.2, 0.25) is 5.91 Å². The summed E-state index contributed by atoms with van der Waals surface area (Å²) < 4.78 is 5.75. The normalized spacial score (nSPS) is 15.6. The van der Waals surface area contributed by atoms with Crippen LogP contribution in [0.2, 0.25) is 0 Å². The second kappa shape index (κ2) is 6.38. The minimum absolute atomic E-state index is 0.00510. The Kier molecular flexibility index (Phi) is 4.74. The molecule has 2 rings (SSSR count). The van der Waals surface area contributed by atoms with Crippen molar-refractivity contribution in [1.82, 2.24) is 9.80 Å². The molecule has 1 aliphatic rings. The molecule has 1 heterocycles. The molecule has 1 fully saturated rings. The fourth-order valence-corrected chi connectivity index (χ4v) is 2.43. The summed E-state index contributed by atoms with van der Waals surface area (Å²) in [7, 11) is 0. The van der Waals surface area contributed by atoms with Gasteiger partial charge >= 0.3 is 0 Å². The van der Waals surface area contributed by atoms with Gasteiger partial charge < -0.3 is 14.5 Å². The molecule has 0 saturated carbocycles. The summed E-state index contributed by atoms with van der Waals surface area (Å²) in [5.74, 6) is 0.826. The molecule has 0 bridgehead atoms. The largest absolute Gasteiger partial charge is 0.488 e. The molecule has 0 aliphatic carbocycles. The molecule has 1 aromatic carbocycles. The molecule has 0 unspecified atom stereocenters. The number of amides is 2. The quantitative estimate of drug-likeness (QED) is 0.841. The van der Waals surface area contributed by atoms with Gasteiger partial charge in [0.05, 0.1) is 0 Å². The van der Waals surface area contributed by atoms with Crippen molar-refractivity contribution in [2.24, 2.45) is 0 Å². The zero-order valence-electron chi connectivity index (χ0n) is 13.8. The molecular weight excluding hydrogens is 280 g/mol. The fourth-order valence-electron chi connectivity index (χ4n) is 2.43. The first-order valence-electron chi connectivity index (χ1n) is 7.60. The fraction of sp³-hybridized carbons (Fsp3) is 0.529. The number of piperazine rings is 1. The third kappa shape index (κ3) is 4.23. The van der Waals surface area contributed by atoms with Gasteiger partial charge in [-0.2, -0.15) is 0 Å². The average Bonchev–Trinajstić information content (AvgIpc) is 2.46. The van der Waals surface area contributed by atoms with E-state index >= 15 is 0 Å². The molecular formula is C17H24N2O3. The number of hydrogen-bond acceptors (Lipinski definition) is 3. The molecule has 1 aromatic rings. The van der Waals surface area contributed by atoms with Crippen molar-refractivity contribution in [3.8, 4) is 5.75 Å². The van der Waals surface area contributed by atoms with E-state index in [2.05, 4.69) is 0 Å². The maximum Gasteiger partial charge on any atom is 0.253 e. The predicted molar refractivity (Wildman–Crippen MR) is 85.0 cm³/mol. The van der Waals surface area contributed by atoms with E-state index < -0.39 is 0 Å². The smallest absolute Gasteiger partial charge is 0.253 e. The summed E-state index contributed by atoms with van der Waals surface area (Å²) in [5, 5.41) is 0. The van der Waals surface area contributed by atoms with Gasteiger partial charge in [0.1, 0.15) is 11.4 Å². The molecule has 0 radical (unpaired) electrons. The Balaban J connectivity index is 1.97. The highest BCUT2D eigenvalue weighted by molar-refractivity contribution is 5.94. The Morgan fingerprint density at radius 1 is 0.955 bits per heavy atom. The molecule has 5 heteroatoms. The molecule has 2 amide bonds. The van der Waals surface area contributed by atoms with E-state index in [0.29, 0.717) is 31.7 Å². The number of nitrogens with zero attached hydrogens (tertiary/aromatic N) is 2. The van der Waals surface area contributed by atoms with Gasteiger partial charge in [-0.25, -0.2) is 0 Å². The number of carbonyl (C=O) groups excluding carboxylic acids is 2. The second-order valence-electron chi connectivity index (χ2n) is 6.54. The maximum atomic E-state index is 12.5. The lowest BCUT2D eigenvalue weighted by Crippen LogP contribution is -2.50. The van der Waals surface area contributed by atoms with Crippen molar-refractivity contribution in [2.45, 2.75) is 33.3 Å². The first-order valence-corrected chi connectivity index (χ1v) is 7.60. The highest BCUT2D eigenvalue weighted by Gasteiger charge is 2.23. The van der Waals surface area contributed by atoms with Gasteiger partial charge in [0.25, 0.3) is 5.91 Å². The summed E-state index contributed by atoms with van der Waals surface area (Å²) in [6, 6.07) is 7.23. The molecule has 0 spiro atoms. The summed E-state index contributed by atoms with van der Waals surface area (Å²) in [4.78, 5) is 27.3. The van der Waals surface area contributed by atoms with Gasteiger partial charge in [0.15, 0.2) is 0 Å². The minimum atomic E-state index is -0.255. The van der Waals surface area contributed by atoms with E-state index in [9.17, 15) is 9.59 Å². The van der Waals surface area contributed by atoms with Crippen molar-refractivity contribution in [3.05, 3.63) is 29.8 Å². The lowest BCUT2D eigenvalue weighted by atomic mass is 10.1. The molecule has 5 nitrogen and oxygen atoms in total. The molecule has 0 atom stereocenters. The molecule has 22 heavy (non-hydrogen) atoms. The monoisotopic (exact) mass is 304 g/mol. The second-order valence-corrected chi connectivity index (χ2v) is 6.54. The molecule has 0 N–H and O–H groups in total. The van der Waals surface area contributed by atoms with E-state index in [0.717, 1.165) is 5.75 Å². The standard InChI is InChI=1S/C17H24N2O3/c1-13(20)18-9-11-19(12-10-18)16(21)14-5-7-15(8-6-14)22-17(2,3)4/h5-8H,9-12H2,1-4H3. The summed E-state index contributed by atoms with van der Waals surface area (Å²) >= 11 is 0. The third-order valence-electron chi connectivity index (χ3n) is 3.54. The van der Waals surface area contributed by atoms with Crippen molar-refractivity contribution in [3.63, 3.8) is 0 Å². The van der Waals surface area contributed by atoms with E-state index in [1.54, 1.807) is 28.9 Å². The molecule has 1 aliphatic heterocycles. The number of hydrogen-bond donors (Lipinski definition) is 0. The minimum Gasteiger partial charge on any atom is -0.488 e. The topological polar surface area (TPSA) is 49.9 Å². The Bertz CT molecular complexity index is 538. The van der Waals surface area contributed by atoms with Crippen LogP contribution >= 0.6 is 0 Å². The van der Waals surface area contributed by atoms with Crippen LogP contribution in [0.3, 0.4) is 0 Å². The maximum absolute atomic E-state index is 12.5. The Morgan fingerprint density at radius 3 is 1.91 bits per heavy atom. The lowest BCUT2D eigenvalue weighted by molar-refractivity contribution is -0.130. The zero-order chi connectivity index (χ0) is 16.3. The van der Waals surface area contributed by atoms with Crippen LogP contribution in [0.25, 0.3) is 0 Å². The highest BCUT2D eigenvalue weighted by atomic mass is 16.5. The van der Waals surface area contributed by atoms with Crippen molar-refractivity contribution in [1.29, 1.82) is 0 Å². The van der Waals surface area contributed by atoms with Crippen molar-refractivity contribution in [2.75, 3.05) is 26.2 Å². The molecule has 120 valence electrons. The Hall–Kier alpha value is -2.04. The number of carbonyl (C=O) groups is 2. The van der Waals surface area contributed by atoms with Crippen LogP contribution < -0.4 is 4.74 Å². The van der Waals surface area contributed by atoms with Crippen molar-refractivity contribution >= 4 is 11.8 Å². The van der Waals surface area contributed by atoms with Crippen LogP contribution in [0.1, 0.15) is 38.1 Å². The van der Waals surface area contributed by atoms with Gasteiger partial charge in [-0.05, 0) is 45.0 Å². The van der Waals surface area contributed by atoms with Crippen LogP contribution in [0.4, 0.5) is 0 Å². The number of benzene rings is 1. The van der Waals surface area contributed by atoms with Crippen LogP contribution in [0.5, 0.6) is 5.75 Å². The van der Waals surface area contributed by atoms with Crippen LogP contribution in [0, 0.1) is 0 Å². The first-order chi connectivity index (χ1) is 10.3. The van der Waals surface area contributed by atoms with E-state index in [4.69, 9.17) is 4.74 Å². The molecule has 0 aromatic heterocycles. The van der Waals surface area contributed by atoms with E-state index in [1.165, 1.54) is 0 Å². The van der Waals surface area contributed by atoms with Crippen LogP contribution in [0.15, 0.2) is 24.3 Å². The molecule has 1 saturated heterocycles. The van der Waals surface area contributed by atoms with E-state index in [1.807, 2.05) is 32.9 Å². The summed E-state index contributed by atoms with van der Waals surface area (Å²) in [6.45, 7) is 9.89. The van der Waals surface area contributed by atoms with Crippen molar-refractivity contribution < 1.29 is 14.3 Å². The average molecular weight is 304 g/mol. The third-order valence-corrected chi connectivity index (χ3v) is 3.54. The van der Waals surface area contributed by atoms with Gasteiger partial charge in [-0.1, -0.05) is 0 Å². The zero-order valence-corrected chi connectivity index (χ0v) is 13.8. The number of rotatable bonds is 2. The van der Waals surface area contributed by atoms with Gasteiger partial charge in [0, 0.05) is 38.7 Å². The van der Waals surface area contributed by atoms with Crippen LogP contribution in [-0.4, -0.2) is 53.4 Å². The Labute approximate surface area is 131 Å². The summed E-state index contributed by atoms with van der Waals surface area (Å²) in [6.07, 6.45) is 0. The number of ether oxygens (including phenoxy) is 1. The van der Waals surface area contributed by atoms with Crippen LogP contribution in [-0.2, 0) is 4.79 Å². The van der Waals surface area contributed by atoms with E-state index in [-0.39, 0.29) is 17.4 Å². The predicted octanol–water partition coefficient (Wildman–Crippen LogP) is 2.17. The SMILES string of the molecule is CC(=O)N1CCN(C(=O)c2ccc(OC(C)(C)C)cc2)CC1. The summed E-state index contributed by atoms with van der Waals surface area (Å²) in [5.41, 5.74) is 0.395. The van der Waals surface area contributed by atoms with Gasteiger partial charge in [-0.15, -0.1) is 0 Å². The first kappa shape index (κ1) is 16.3. The lowest BCUT2D eigenvalue weighted by Gasteiger charge is -2.34. The van der Waals surface area contributed by atoms with Gasteiger partial charge in [-0.3, -0.25) is 9.59 Å². The Morgan fingerprint density at radius 2 is 1.45 bits per heavy atom. The highest BCUT2D eigenvalue weighted by Crippen LogP contribution is 2.19.